The molecule has 0 spiro atoms. The number of nitrogens with two attached hydrogens (primary N) is 1. The lowest BCUT2D eigenvalue weighted by Gasteiger charge is -2.11. The summed E-state index contributed by atoms with van der Waals surface area (Å²) in [6.07, 6.45) is 0.758. The van der Waals surface area contributed by atoms with Crippen molar-refractivity contribution in [3.63, 3.8) is 0 Å². The number of hydrogen-bond acceptors (Lipinski definition) is 4. The van der Waals surface area contributed by atoms with Crippen LogP contribution in [-0.2, 0) is 13.0 Å². The molecule has 1 heterocycles. The minimum atomic E-state index is 0.438. The zero-order valence-corrected chi connectivity index (χ0v) is 15.2. The molecule has 0 bridgehead atoms. The average molecular weight is 379 g/mol. The summed E-state index contributed by atoms with van der Waals surface area (Å²) in [5.74, 6) is 0.562. The lowest BCUT2D eigenvalue weighted by atomic mass is 10.1. The molecule has 0 aliphatic rings. The molecule has 0 radical (unpaired) electrons. The summed E-state index contributed by atoms with van der Waals surface area (Å²) in [6.45, 7) is 1.02. The normalized spacial score (nSPS) is 10.8. The van der Waals surface area contributed by atoms with Crippen LogP contribution in [-0.4, -0.2) is 11.5 Å². The molecule has 0 amide bonds. The lowest BCUT2D eigenvalue weighted by molar-refractivity contribution is 0.306. The fourth-order valence-electron chi connectivity index (χ4n) is 2.24. The van der Waals surface area contributed by atoms with Gasteiger partial charge in [0.25, 0.3) is 0 Å². The molecule has 2 aromatic carbocycles. The lowest BCUT2D eigenvalue weighted by Crippen LogP contribution is -2.02. The van der Waals surface area contributed by atoms with Crippen LogP contribution in [0.1, 0.15) is 10.6 Å². The molecule has 0 unspecified atom stereocenters. The van der Waals surface area contributed by atoms with Crippen molar-refractivity contribution < 1.29 is 4.74 Å². The van der Waals surface area contributed by atoms with Gasteiger partial charge in [-0.3, -0.25) is 0 Å². The smallest absolute Gasteiger partial charge is 0.139 e. The van der Waals surface area contributed by atoms with E-state index in [9.17, 15) is 0 Å². The largest absolute Gasteiger partial charge is 0.487 e. The topological polar surface area (TPSA) is 48.1 Å². The zero-order valence-electron chi connectivity index (χ0n) is 12.8. The molecular formula is C18H16Cl2N2OS. The van der Waals surface area contributed by atoms with Gasteiger partial charge in [0.2, 0.25) is 0 Å². The maximum absolute atomic E-state index is 6.41. The van der Waals surface area contributed by atoms with Crippen molar-refractivity contribution >= 4 is 34.5 Å². The van der Waals surface area contributed by atoms with Crippen molar-refractivity contribution in [3.05, 3.63) is 68.5 Å². The molecule has 0 fully saturated rings. The summed E-state index contributed by atoms with van der Waals surface area (Å²) in [6, 6.07) is 13.4. The van der Waals surface area contributed by atoms with Gasteiger partial charge in [-0.1, -0.05) is 53.5 Å². The van der Waals surface area contributed by atoms with Crippen LogP contribution in [0.2, 0.25) is 10.0 Å². The Balaban J connectivity index is 1.80. The summed E-state index contributed by atoms with van der Waals surface area (Å²) in [7, 11) is 0. The molecule has 124 valence electrons. The first kappa shape index (κ1) is 17.2. The van der Waals surface area contributed by atoms with E-state index in [-0.39, 0.29) is 0 Å². The molecule has 24 heavy (non-hydrogen) atoms. The third-order valence-electron chi connectivity index (χ3n) is 3.44. The number of halogens is 2. The van der Waals surface area contributed by atoms with Crippen molar-refractivity contribution in [2.45, 2.75) is 13.0 Å². The minimum absolute atomic E-state index is 0.438. The Labute approximate surface area is 155 Å². The summed E-state index contributed by atoms with van der Waals surface area (Å²) in [5.41, 5.74) is 8.25. The summed E-state index contributed by atoms with van der Waals surface area (Å²) >= 11 is 14.3. The minimum Gasteiger partial charge on any atom is -0.487 e. The molecule has 0 atom stereocenters. The quantitative estimate of drug-likeness (QED) is 0.641. The monoisotopic (exact) mass is 378 g/mol. The van der Waals surface area contributed by atoms with Crippen LogP contribution in [0.3, 0.4) is 0 Å². The highest BCUT2D eigenvalue weighted by molar-refractivity contribution is 7.10. The van der Waals surface area contributed by atoms with Gasteiger partial charge in [0.15, 0.2) is 0 Å². The molecule has 2 N–H and O–H groups in total. The average Bonchev–Trinajstić information content (AvgIpc) is 3.05. The van der Waals surface area contributed by atoms with Crippen molar-refractivity contribution in [3.8, 4) is 17.0 Å². The van der Waals surface area contributed by atoms with Crippen LogP contribution in [0.15, 0.2) is 47.8 Å². The first-order chi connectivity index (χ1) is 11.7. The van der Waals surface area contributed by atoms with Crippen LogP contribution in [0.4, 0.5) is 0 Å². The van der Waals surface area contributed by atoms with Crippen LogP contribution in [0, 0.1) is 0 Å². The Morgan fingerprint density at radius 1 is 1.08 bits per heavy atom. The summed E-state index contributed by atoms with van der Waals surface area (Å²) in [5, 5.41) is 4.03. The number of ether oxygens (including phenoxy) is 1. The van der Waals surface area contributed by atoms with Crippen LogP contribution in [0.25, 0.3) is 11.3 Å². The van der Waals surface area contributed by atoms with Gasteiger partial charge in [-0.15, -0.1) is 11.3 Å². The number of thiazole rings is 1. The highest BCUT2D eigenvalue weighted by Gasteiger charge is 2.13. The van der Waals surface area contributed by atoms with E-state index in [2.05, 4.69) is 4.98 Å². The molecule has 0 aliphatic heterocycles. The Bertz CT molecular complexity index is 821. The van der Waals surface area contributed by atoms with Gasteiger partial charge in [-0.2, -0.15) is 0 Å². The maximum Gasteiger partial charge on any atom is 0.139 e. The van der Waals surface area contributed by atoms with E-state index < -0.39 is 0 Å². The van der Waals surface area contributed by atoms with Crippen LogP contribution < -0.4 is 10.5 Å². The third-order valence-corrected chi connectivity index (χ3v) is 4.96. The second kappa shape index (κ2) is 7.99. The van der Waals surface area contributed by atoms with Gasteiger partial charge in [0, 0.05) is 23.4 Å². The maximum atomic E-state index is 6.41. The fourth-order valence-corrected chi connectivity index (χ4v) is 3.53. The molecule has 6 heteroatoms. The van der Waals surface area contributed by atoms with Gasteiger partial charge < -0.3 is 10.5 Å². The summed E-state index contributed by atoms with van der Waals surface area (Å²) < 4.78 is 5.79. The highest BCUT2D eigenvalue weighted by atomic mass is 35.5. The Morgan fingerprint density at radius 3 is 2.62 bits per heavy atom. The fraction of sp³-hybridized carbons (Fsp3) is 0.167. The molecule has 0 saturated carbocycles. The molecule has 3 aromatic rings. The van der Waals surface area contributed by atoms with Gasteiger partial charge in [0.05, 0.1) is 20.7 Å². The Kier molecular flexibility index (Phi) is 5.74. The molecule has 3 rings (SSSR count). The SMILES string of the molecule is NCCc1nc(-c2cc(Cl)c(OCc3ccccc3)cc2Cl)cs1. The van der Waals surface area contributed by atoms with Crippen molar-refractivity contribution in [2.75, 3.05) is 6.54 Å². The van der Waals surface area contributed by atoms with E-state index in [1.807, 2.05) is 35.7 Å². The molecule has 0 saturated heterocycles. The third kappa shape index (κ3) is 4.08. The van der Waals surface area contributed by atoms with E-state index in [0.717, 1.165) is 28.2 Å². The van der Waals surface area contributed by atoms with E-state index >= 15 is 0 Å². The van der Waals surface area contributed by atoms with E-state index in [1.165, 1.54) is 0 Å². The van der Waals surface area contributed by atoms with Gasteiger partial charge >= 0.3 is 0 Å². The summed E-state index contributed by atoms with van der Waals surface area (Å²) in [4.78, 5) is 4.55. The molecule has 0 aliphatic carbocycles. The van der Waals surface area contributed by atoms with Gasteiger partial charge in [0.1, 0.15) is 12.4 Å². The molecule has 3 nitrogen and oxygen atoms in total. The second-order valence-electron chi connectivity index (χ2n) is 5.20. The predicted octanol–water partition coefficient (Wildman–Crippen LogP) is 5.20. The highest BCUT2D eigenvalue weighted by Crippen LogP contribution is 2.37. The first-order valence-electron chi connectivity index (χ1n) is 7.48. The van der Waals surface area contributed by atoms with Gasteiger partial charge in [-0.05, 0) is 18.2 Å². The zero-order chi connectivity index (χ0) is 16.9. The predicted molar refractivity (Wildman–Crippen MR) is 101 cm³/mol. The number of nitrogens with zero attached hydrogens (tertiary/aromatic N) is 1. The van der Waals surface area contributed by atoms with Crippen LogP contribution >= 0.6 is 34.5 Å². The number of aromatic nitrogens is 1. The molecular weight excluding hydrogens is 363 g/mol. The van der Waals surface area contributed by atoms with E-state index in [4.69, 9.17) is 33.7 Å². The van der Waals surface area contributed by atoms with Gasteiger partial charge in [-0.25, -0.2) is 4.98 Å². The standard InChI is InChI=1S/C18H16Cl2N2OS/c19-14-9-17(23-10-12-4-2-1-3-5-12)15(20)8-13(14)16-11-24-18(22-16)6-7-21/h1-5,8-9,11H,6-7,10,21H2. The van der Waals surface area contributed by atoms with Crippen LogP contribution in [0.5, 0.6) is 5.75 Å². The molecule has 1 aromatic heterocycles. The van der Waals surface area contributed by atoms with E-state index in [1.54, 1.807) is 23.5 Å². The van der Waals surface area contributed by atoms with E-state index in [0.29, 0.717) is 28.9 Å². The second-order valence-corrected chi connectivity index (χ2v) is 6.96. The van der Waals surface area contributed by atoms with Crippen molar-refractivity contribution in [1.82, 2.24) is 4.98 Å². The Morgan fingerprint density at radius 2 is 1.88 bits per heavy atom. The number of rotatable bonds is 6. The van der Waals surface area contributed by atoms with Crippen molar-refractivity contribution in [1.29, 1.82) is 0 Å². The first-order valence-corrected chi connectivity index (χ1v) is 9.11. The Hall–Kier alpha value is -1.59. The number of hydrogen-bond donors (Lipinski definition) is 1. The number of benzene rings is 2. The van der Waals surface area contributed by atoms with Crippen molar-refractivity contribution in [2.24, 2.45) is 5.73 Å².